The van der Waals surface area contributed by atoms with Crippen LogP contribution in [0.5, 0.6) is 5.75 Å². The quantitative estimate of drug-likeness (QED) is 0.888. The van der Waals surface area contributed by atoms with Crippen molar-refractivity contribution < 1.29 is 19.4 Å². The van der Waals surface area contributed by atoms with Gasteiger partial charge in [-0.15, -0.1) is 0 Å². The molecule has 1 atom stereocenters. The van der Waals surface area contributed by atoms with Gasteiger partial charge in [0.05, 0.1) is 17.7 Å². The van der Waals surface area contributed by atoms with Crippen molar-refractivity contribution in [1.82, 2.24) is 0 Å². The standard InChI is InChI=1S/C16H20O5/c1-9(2)3-4-10-5-11(17)6-13(19)16(10)14-7-12(18)8-15(20)21-14/h7-9,11,17-18H,3-6H2,1-2H3. The van der Waals surface area contributed by atoms with Gasteiger partial charge in [-0.25, -0.2) is 4.79 Å². The third kappa shape index (κ3) is 3.82. The summed E-state index contributed by atoms with van der Waals surface area (Å²) >= 11 is 0. The highest BCUT2D eigenvalue weighted by molar-refractivity contribution is 6.21. The number of Topliss-reactive ketones (excluding diaryl/α,β-unsaturated/α-hetero) is 1. The molecule has 1 heterocycles. The summed E-state index contributed by atoms with van der Waals surface area (Å²) in [6.45, 7) is 4.16. The number of rotatable bonds is 4. The Balaban J connectivity index is 2.47. The summed E-state index contributed by atoms with van der Waals surface area (Å²) in [5, 5.41) is 19.3. The van der Waals surface area contributed by atoms with Gasteiger partial charge in [-0.05, 0) is 25.2 Å². The van der Waals surface area contributed by atoms with Crippen LogP contribution in [0.15, 0.2) is 26.9 Å². The zero-order valence-corrected chi connectivity index (χ0v) is 12.3. The molecule has 0 amide bonds. The molecule has 0 saturated heterocycles. The molecule has 2 N–H and O–H groups in total. The largest absolute Gasteiger partial charge is 0.508 e. The van der Waals surface area contributed by atoms with Crippen LogP contribution >= 0.6 is 0 Å². The Morgan fingerprint density at radius 3 is 2.62 bits per heavy atom. The van der Waals surface area contributed by atoms with E-state index in [1.54, 1.807) is 0 Å². The fraction of sp³-hybridized carbons (Fsp3) is 0.500. The molecule has 0 spiro atoms. The van der Waals surface area contributed by atoms with E-state index in [9.17, 15) is 19.8 Å². The van der Waals surface area contributed by atoms with E-state index in [0.717, 1.165) is 18.1 Å². The third-order valence-electron chi connectivity index (χ3n) is 3.56. The molecule has 0 fully saturated rings. The van der Waals surface area contributed by atoms with E-state index in [1.165, 1.54) is 6.07 Å². The van der Waals surface area contributed by atoms with E-state index >= 15 is 0 Å². The SMILES string of the molecule is CC(C)CCC1=C(c2cc(O)cc(=O)o2)C(=O)CC(O)C1. The van der Waals surface area contributed by atoms with Crippen LogP contribution in [-0.4, -0.2) is 22.1 Å². The molecule has 1 aliphatic carbocycles. The van der Waals surface area contributed by atoms with Crippen LogP contribution in [-0.2, 0) is 4.79 Å². The Morgan fingerprint density at radius 2 is 2.00 bits per heavy atom. The first kappa shape index (κ1) is 15.5. The molecule has 0 radical (unpaired) electrons. The van der Waals surface area contributed by atoms with Crippen LogP contribution in [0.25, 0.3) is 5.57 Å². The summed E-state index contributed by atoms with van der Waals surface area (Å²) in [5.41, 5.74) is 0.440. The molecule has 1 aromatic heterocycles. The predicted octanol–water partition coefficient (Wildman–Crippen LogP) is 2.26. The van der Waals surface area contributed by atoms with E-state index in [4.69, 9.17) is 4.42 Å². The molecule has 0 aromatic carbocycles. The van der Waals surface area contributed by atoms with Crippen LogP contribution in [0.2, 0.25) is 0 Å². The minimum Gasteiger partial charge on any atom is -0.508 e. The minimum atomic E-state index is -0.695. The number of ketones is 1. The number of carbonyl (C=O) groups excluding carboxylic acids is 1. The summed E-state index contributed by atoms with van der Waals surface area (Å²) in [7, 11) is 0. The average Bonchev–Trinajstić information content (AvgIpc) is 2.34. The Kier molecular flexibility index (Phi) is 4.63. The van der Waals surface area contributed by atoms with E-state index in [0.29, 0.717) is 24.3 Å². The van der Waals surface area contributed by atoms with Gasteiger partial charge in [0.25, 0.3) is 0 Å². The lowest BCUT2D eigenvalue weighted by Crippen LogP contribution is -2.23. The molecule has 0 aliphatic heterocycles. The summed E-state index contributed by atoms with van der Waals surface area (Å²) in [6, 6.07) is 2.24. The van der Waals surface area contributed by atoms with Gasteiger partial charge in [-0.1, -0.05) is 19.4 Å². The number of allylic oxidation sites excluding steroid dienone is 1. The molecule has 1 aromatic rings. The second-order valence-corrected chi connectivity index (χ2v) is 5.90. The number of hydrogen-bond donors (Lipinski definition) is 2. The van der Waals surface area contributed by atoms with Crippen molar-refractivity contribution in [2.75, 3.05) is 0 Å². The fourth-order valence-electron chi connectivity index (χ4n) is 2.56. The van der Waals surface area contributed by atoms with Gasteiger partial charge >= 0.3 is 5.63 Å². The summed E-state index contributed by atoms with van der Waals surface area (Å²) in [4.78, 5) is 23.6. The second kappa shape index (κ2) is 6.26. The average molecular weight is 292 g/mol. The topological polar surface area (TPSA) is 87.7 Å². The predicted molar refractivity (Wildman–Crippen MR) is 77.9 cm³/mol. The maximum atomic E-state index is 12.2. The van der Waals surface area contributed by atoms with Crippen LogP contribution in [0.4, 0.5) is 0 Å². The lowest BCUT2D eigenvalue weighted by Gasteiger charge is -2.23. The molecule has 1 aliphatic rings. The van der Waals surface area contributed by atoms with Gasteiger partial charge in [0.1, 0.15) is 11.5 Å². The normalized spacial score (nSPS) is 19.4. The number of aliphatic hydroxyl groups is 1. The molecule has 2 rings (SSSR count). The number of aliphatic hydroxyl groups excluding tert-OH is 1. The van der Waals surface area contributed by atoms with Crippen molar-refractivity contribution in [1.29, 1.82) is 0 Å². The van der Waals surface area contributed by atoms with Crippen molar-refractivity contribution in [2.24, 2.45) is 5.92 Å². The van der Waals surface area contributed by atoms with E-state index in [-0.39, 0.29) is 23.7 Å². The first-order valence-electron chi connectivity index (χ1n) is 7.14. The molecule has 1 unspecified atom stereocenters. The highest BCUT2D eigenvalue weighted by Gasteiger charge is 2.29. The number of hydrogen-bond acceptors (Lipinski definition) is 5. The van der Waals surface area contributed by atoms with E-state index < -0.39 is 11.7 Å². The molecule has 114 valence electrons. The zero-order chi connectivity index (χ0) is 15.6. The lowest BCUT2D eigenvalue weighted by atomic mass is 9.84. The highest BCUT2D eigenvalue weighted by Crippen LogP contribution is 2.33. The Bertz CT molecular complexity index is 624. The monoisotopic (exact) mass is 292 g/mol. The van der Waals surface area contributed by atoms with Gasteiger partial charge in [0, 0.05) is 12.5 Å². The highest BCUT2D eigenvalue weighted by atomic mass is 16.4. The minimum absolute atomic E-state index is 0.0138. The summed E-state index contributed by atoms with van der Waals surface area (Å²) < 4.78 is 5.06. The molecule has 5 heteroatoms. The zero-order valence-electron chi connectivity index (χ0n) is 12.3. The van der Waals surface area contributed by atoms with Gasteiger partial charge in [0.2, 0.25) is 0 Å². The van der Waals surface area contributed by atoms with Crippen molar-refractivity contribution in [2.45, 2.75) is 45.6 Å². The van der Waals surface area contributed by atoms with Gasteiger partial charge in [-0.2, -0.15) is 0 Å². The van der Waals surface area contributed by atoms with Crippen LogP contribution in [0.1, 0.15) is 45.3 Å². The maximum absolute atomic E-state index is 12.2. The fourth-order valence-corrected chi connectivity index (χ4v) is 2.56. The molecular weight excluding hydrogens is 272 g/mol. The van der Waals surface area contributed by atoms with Gasteiger partial charge in [0.15, 0.2) is 5.78 Å². The van der Waals surface area contributed by atoms with Crippen LogP contribution in [0, 0.1) is 5.92 Å². The molecular formula is C16H20O5. The third-order valence-corrected chi connectivity index (χ3v) is 3.56. The summed E-state index contributed by atoms with van der Waals surface area (Å²) in [5.74, 6) is 0.0805. The first-order chi connectivity index (χ1) is 9.86. The van der Waals surface area contributed by atoms with Gasteiger partial charge < -0.3 is 14.6 Å². The molecule has 0 bridgehead atoms. The molecule has 21 heavy (non-hydrogen) atoms. The van der Waals surface area contributed by atoms with Crippen molar-refractivity contribution in [3.63, 3.8) is 0 Å². The first-order valence-corrected chi connectivity index (χ1v) is 7.14. The van der Waals surface area contributed by atoms with Crippen molar-refractivity contribution in [3.05, 3.63) is 33.9 Å². The van der Waals surface area contributed by atoms with Crippen LogP contribution < -0.4 is 5.63 Å². The molecule has 5 nitrogen and oxygen atoms in total. The van der Waals surface area contributed by atoms with Crippen LogP contribution in [0.3, 0.4) is 0 Å². The Labute approximate surface area is 122 Å². The smallest absolute Gasteiger partial charge is 0.339 e. The molecule has 0 saturated carbocycles. The van der Waals surface area contributed by atoms with E-state index in [1.807, 2.05) is 0 Å². The Hall–Kier alpha value is -1.88. The van der Waals surface area contributed by atoms with Gasteiger partial charge in [-0.3, -0.25) is 4.79 Å². The lowest BCUT2D eigenvalue weighted by molar-refractivity contribution is -0.116. The van der Waals surface area contributed by atoms with Crippen molar-refractivity contribution >= 4 is 11.4 Å². The number of aromatic hydroxyl groups is 1. The second-order valence-electron chi connectivity index (χ2n) is 5.90. The maximum Gasteiger partial charge on any atom is 0.339 e. The Morgan fingerprint density at radius 1 is 1.29 bits per heavy atom. The van der Waals surface area contributed by atoms with E-state index in [2.05, 4.69) is 13.8 Å². The number of carbonyl (C=O) groups is 1. The summed E-state index contributed by atoms with van der Waals surface area (Å²) in [6.07, 6.45) is 1.26. The van der Waals surface area contributed by atoms with Crippen molar-refractivity contribution in [3.8, 4) is 5.75 Å².